The number of thiophene rings is 1. The number of aliphatic hydroxyl groups excluding tert-OH is 1. The third kappa shape index (κ3) is 4.92. The van der Waals surface area contributed by atoms with Crippen molar-refractivity contribution in [1.82, 2.24) is 4.72 Å². The molecule has 0 atom stereocenters. The average Bonchev–Trinajstić information content (AvgIpc) is 2.72. The molecule has 0 saturated heterocycles. The summed E-state index contributed by atoms with van der Waals surface area (Å²) < 4.78 is 60.8. The van der Waals surface area contributed by atoms with E-state index in [4.69, 9.17) is 5.11 Å². The van der Waals surface area contributed by atoms with E-state index in [1.165, 1.54) is 12.1 Å². The molecule has 0 saturated carbocycles. The number of halogens is 3. The molecular formula is C9H12F3NO3S2. The van der Waals surface area contributed by atoms with Crippen molar-refractivity contribution in [2.45, 2.75) is 29.8 Å². The van der Waals surface area contributed by atoms with Crippen LogP contribution in [-0.2, 0) is 16.6 Å². The van der Waals surface area contributed by atoms with Gasteiger partial charge in [0, 0.05) is 17.8 Å². The molecule has 0 aliphatic rings. The zero-order valence-corrected chi connectivity index (χ0v) is 10.8. The Morgan fingerprint density at radius 1 is 1.33 bits per heavy atom. The Bertz CT molecular complexity index is 481. The van der Waals surface area contributed by atoms with Gasteiger partial charge in [-0.3, -0.25) is 0 Å². The lowest BCUT2D eigenvalue weighted by Gasteiger charge is -2.07. The Labute approximate surface area is 106 Å². The van der Waals surface area contributed by atoms with E-state index in [1.54, 1.807) is 0 Å². The Balaban J connectivity index is 2.50. The SMILES string of the molecule is O=S(=O)(NCCCC(F)(F)F)c1ccc(CO)s1. The van der Waals surface area contributed by atoms with Gasteiger partial charge in [-0.1, -0.05) is 0 Å². The van der Waals surface area contributed by atoms with Crippen molar-refractivity contribution in [3.63, 3.8) is 0 Å². The molecule has 1 heterocycles. The Kier molecular flexibility index (Phi) is 5.14. The quantitative estimate of drug-likeness (QED) is 0.788. The predicted octanol–water partition coefficient (Wildman–Crippen LogP) is 1.86. The van der Waals surface area contributed by atoms with E-state index in [0.717, 1.165) is 11.3 Å². The maximum Gasteiger partial charge on any atom is 0.389 e. The van der Waals surface area contributed by atoms with Gasteiger partial charge in [0.2, 0.25) is 10.0 Å². The summed E-state index contributed by atoms with van der Waals surface area (Å²) in [6, 6.07) is 2.76. The highest BCUT2D eigenvalue weighted by atomic mass is 32.2. The van der Waals surface area contributed by atoms with Crippen LogP contribution in [0.3, 0.4) is 0 Å². The van der Waals surface area contributed by atoms with Crippen molar-refractivity contribution >= 4 is 21.4 Å². The number of sulfonamides is 1. The van der Waals surface area contributed by atoms with Gasteiger partial charge in [-0.25, -0.2) is 13.1 Å². The van der Waals surface area contributed by atoms with Crippen molar-refractivity contribution in [3.05, 3.63) is 17.0 Å². The maximum absolute atomic E-state index is 11.8. The highest BCUT2D eigenvalue weighted by Gasteiger charge is 2.26. The second-order valence-electron chi connectivity index (χ2n) is 3.50. The number of hydrogen-bond acceptors (Lipinski definition) is 4. The molecule has 0 radical (unpaired) electrons. The van der Waals surface area contributed by atoms with E-state index in [2.05, 4.69) is 4.72 Å². The lowest BCUT2D eigenvalue weighted by molar-refractivity contribution is -0.135. The van der Waals surface area contributed by atoms with Gasteiger partial charge in [-0.2, -0.15) is 13.2 Å². The van der Waals surface area contributed by atoms with Crippen LogP contribution in [0.1, 0.15) is 17.7 Å². The third-order valence-corrected chi connectivity index (χ3v) is 5.01. The van der Waals surface area contributed by atoms with Gasteiger partial charge in [-0.05, 0) is 18.6 Å². The van der Waals surface area contributed by atoms with Gasteiger partial charge < -0.3 is 5.11 Å². The second kappa shape index (κ2) is 6.00. The molecule has 1 aromatic rings. The Morgan fingerprint density at radius 2 is 2.00 bits per heavy atom. The predicted molar refractivity (Wildman–Crippen MR) is 60.7 cm³/mol. The fraction of sp³-hybridized carbons (Fsp3) is 0.556. The van der Waals surface area contributed by atoms with Crippen molar-refractivity contribution in [2.24, 2.45) is 0 Å². The summed E-state index contributed by atoms with van der Waals surface area (Å²) in [5, 5.41) is 8.79. The number of rotatable bonds is 6. The van der Waals surface area contributed by atoms with Crippen LogP contribution in [-0.4, -0.2) is 26.2 Å². The first-order valence-corrected chi connectivity index (χ1v) is 7.30. The number of nitrogens with one attached hydrogen (secondary N) is 1. The third-order valence-electron chi connectivity index (χ3n) is 1.99. The minimum Gasteiger partial charge on any atom is -0.391 e. The van der Waals surface area contributed by atoms with E-state index in [0.29, 0.717) is 4.88 Å². The van der Waals surface area contributed by atoms with Gasteiger partial charge in [0.15, 0.2) is 0 Å². The molecule has 0 aromatic carbocycles. The first-order valence-electron chi connectivity index (χ1n) is 5.00. The number of aliphatic hydroxyl groups is 1. The first-order chi connectivity index (χ1) is 8.24. The van der Waals surface area contributed by atoms with Crippen molar-refractivity contribution in [3.8, 4) is 0 Å². The molecule has 2 N–H and O–H groups in total. The highest BCUT2D eigenvalue weighted by Crippen LogP contribution is 2.22. The topological polar surface area (TPSA) is 66.4 Å². The van der Waals surface area contributed by atoms with Crippen LogP contribution >= 0.6 is 11.3 Å². The lowest BCUT2D eigenvalue weighted by atomic mass is 10.3. The van der Waals surface area contributed by atoms with Gasteiger partial charge in [0.25, 0.3) is 0 Å². The average molecular weight is 303 g/mol. The molecule has 1 rings (SSSR count). The van der Waals surface area contributed by atoms with E-state index in [9.17, 15) is 21.6 Å². The standard InChI is InChI=1S/C9H12F3NO3S2/c10-9(11,12)4-1-5-13-18(15,16)8-3-2-7(6-14)17-8/h2-3,13-14H,1,4-6H2. The molecule has 0 unspecified atom stereocenters. The highest BCUT2D eigenvalue weighted by molar-refractivity contribution is 7.91. The summed E-state index contributed by atoms with van der Waals surface area (Å²) in [5.74, 6) is 0. The molecule has 0 bridgehead atoms. The maximum atomic E-state index is 11.8. The minimum absolute atomic E-state index is 0.0152. The van der Waals surface area contributed by atoms with Crippen LogP contribution < -0.4 is 4.72 Å². The molecule has 1 aromatic heterocycles. The molecule has 0 aliphatic heterocycles. The van der Waals surface area contributed by atoms with Crippen LogP contribution in [0.5, 0.6) is 0 Å². The van der Waals surface area contributed by atoms with Crippen molar-refractivity contribution < 1.29 is 26.7 Å². The smallest absolute Gasteiger partial charge is 0.389 e. The number of alkyl halides is 3. The van der Waals surface area contributed by atoms with Gasteiger partial charge in [0.05, 0.1) is 6.61 Å². The molecule has 18 heavy (non-hydrogen) atoms. The molecule has 104 valence electrons. The van der Waals surface area contributed by atoms with Crippen LogP contribution in [0.4, 0.5) is 13.2 Å². The summed E-state index contributed by atoms with van der Waals surface area (Å²) in [4.78, 5) is 0.477. The fourth-order valence-corrected chi connectivity index (χ4v) is 3.49. The molecular weight excluding hydrogens is 291 g/mol. The Hall–Kier alpha value is -0.640. The van der Waals surface area contributed by atoms with Gasteiger partial charge >= 0.3 is 6.18 Å². The first kappa shape index (κ1) is 15.4. The molecule has 9 heteroatoms. The summed E-state index contributed by atoms with van der Waals surface area (Å²) in [7, 11) is -3.78. The van der Waals surface area contributed by atoms with Crippen LogP contribution in [0, 0.1) is 0 Å². The summed E-state index contributed by atoms with van der Waals surface area (Å²) in [5.41, 5.74) is 0. The van der Waals surface area contributed by atoms with E-state index < -0.39 is 22.6 Å². The molecule has 0 aliphatic carbocycles. The zero-order valence-electron chi connectivity index (χ0n) is 9.20. The summed E-state index contributed by atoms with van der Waals surface area (Å²) in [6.45, 7) is -0.539. The summed E-state index contributed by atoms with van der Waals surface area (Å²) in [6.07, 6.45) is -5.61. The monoisotopic (exact) mass is 303 g/mol. The molecule has 0 fully saturated rings. The number of hydrogen-bond donors (Lipinski definition) is 2. The molecule has 4 nitrogen and oxygen atoms in total. The normalized spacial score (nSPS) is 12.9. The molecule has 0 amide bonds. The fourth-order valence-electron chi connectivity index (χ4n) is 1.15. The minimum atomic E-state index is -4.28. The summed E-state index contributed by atoms with van der Waals surface area (Å²) >= 11 is 0.881. The molecule has 0 spiro atoms. The van der Waals surface area contributed by atoms with Gasteiger partial charge in [-0.15, -0.1) is 11.3 Å². The van der Waals surface area contributed by atoms with E-state index in [1.807, 2.05) is 0 Å². The zero-order chi connectivity index (χ0) is 13.8. The second-order valence-corrected chi connectivity index (χ2v) is 6.66. The van der Waals surface area contributed by atoms with E-state index >= 15 is 0 Å². The van der Waals surface area contributed by atoms with Crippen LogP contribution in [0.15, 0.2) is 16.3 Å². The van der Waals surface area contributed by atoms with Crippen LogP contribution in [0.2, 0.25) is 0 Å². The van der Waals surface area contributed by atoms with Crippen molar-refractivity contribution in [1.29, 1.82) is 0 Å². The lowest BCUT2D eigenvalue weighted by Crippen LogP contribution is -2.25. The van der Waals surface area contributed by atoms with E-state index in [-0.39, 0.29) is 23.8 Å². The Morgan fingerprint density at radius 3 is 2.50 bits per heavy atom. The van der Waals surface area contributed by atoms with Crippen LogP contribution in [0.25, 0.3) is 0 Å². The van der Waals surface area contributed by atoms with Gasteiger partial charge in [0.1, 0.15) is 4.21 Å². The van der Waals surface area contributed by atoms with Crippen molar-refractivity contribution in [2.75, 3.05) is 6.54 Å². The largest absolute Gasteiger partial charge is 0.391 e.